The maximum atomic E-state index is 13.1. The summed E-state index contributed by atoms with van der Waals surface area (Å²) in [4.78, 5) is 29.1. The first-order valence-corrected chi connectivity index (χ1v) is 10.7. The Kier molecular flexibility index (Phi) is 9.33. The molecule has 3 amide bonds. The minimum atomic E-state index is -4.46. The summed E-state index contributed by atoms with van der Waals surface area (Å²) in [7, 11) is 3.44. The number of nitrogens with one attached hydrogen (secondary N) is 1. The molecule has 1 aromatic carbocycles. The number of halogens is 3. The van der Waals surface area contributed by atoms with Crippen LogP contribution in [-0.2, 0) is 29.3 Å². The summed E-state index contributed by atoms with van der Waals surface area (Å²) in [5, 5.41) is 2.60. The van der Waals surface area contributed by atoms with Crippen molar-refractivity contribution in [3.63, 3.8) is 0 Å². The number of ether oxygens (including phenoxy) is 1. The van der Waals surface area contributed by atoms with Crippen LogP contribution < -0.4 is 5.32 Å². The van der Waals surface area contributed by atoms with E-state index in [1.54, 1.807) is 12.0 Å². The highest BCUT2D eigenvalue weighted by molar-refractivity contribution is 5.92. The van der Waals surface area contributed by atoms with Crippen molar-refractivity contribution in [1.82, 2.24) is 14.4 Å². The van der Waals surface area contributed by atoms with Crippen molar-refractivity contribution in [2.75, 3.05) is 32.1 Å². The van der Waals surface area contributed by atoms with Crippen LogP contribution in [0.2, 0.25) is 0 Å². The normalized spacial score (nSPS) is 12.3. The maximum absolute atomic E-state index is 13.1. The van der Waals surface area contributed by atoms with Crippen molar-refractivity contribution >= 4 is 17.6 Å². The molecule has 1 unspecified atom stereocenters. The van der Waals surface area contributed by atoms with Gasteiger partial charge in [-0.25, -0.2) is 4.79 Å². The molecule has 10 heteroatoms. The highest BCUT2D eigenvalue weighted by Gasteiger charge is 2.30. The number of aromatic nitrogens is 1. The van der Waals surface area contributed by atoms with Gasteiger partial charge in [0, 0.05) is 44.3 Å². The molecule has 0 spiro atoms. The van der Waals surface area contributed by atoms with Crippen LogP contribution in [0.5, 0.6) is 0 Å². The molecule has 7 nitrogen and oxygen atoms in total. The first-order valence-electron chi connectivity index (χ1n) is 10.7. The molecule has 0 bridgehead atoms. The van der Waals surface area contributed by atoms with E-state index in [0.29, 0.717) is 26.1 Å². The molecule has 1 N–H and O–H groups in total. The highest BCUT2D eigenvalue weighted by atomic mass is 19.4. The monoisotopic (exact) mass is 468 g/mol. The van der Waals surface area contributed by atoms with Crippen LogP contribution >= 0.6 is 0 Å². The molecule has 1 aromatic heterocycles. The number of urea groups is 1. The van der Waals surface area contributed by atoms with Crippen molar-refractivity contribution in [3.05, 3.63) is 53.9 Å². The van der Waals surface area contributed by atoms with Gasteiger partial charge in [-0.2, -0.15) is 13.2 Å². The van der Waals surface area contributed by atoms with Gasteiger partial charge in [0.1, 0.15) is 6.54 Å². The van der Waals surface area contributed by atoms with Gasteiger partial charge in [0.15, 0.2) is 0 Å². The molecule has 33 heavy (non-hydrogen) atoms. The Morgan fingerprint density at radius 2 is 1.85 bits per heavy atom. The highest BCUT2D eigenvalue weighted by Crippen LogP contribution is 2.29. The van der Waals surface area contributed by atoms with Crippen molar-refractivity contribution in [1.29, 1.82) is 0 Å². The summed E-state index contributed by atoms with van der Waals surface area (Å²) in [6.45, 7) is 4.60. The van der Waals surface area contributed by atoms with Gasteiger partial charge in [0.05, 0.1) is 18.7 Å². The molecule has 0 saturated heterocycles. The van der Waals surface area contributed by atoms with Crippen LogP contribution in [0.15, 0.2) is 42.6 Å². The lowest BCUT2D eigenvalue weighted by Crippen LogP contribution is -2.48. The fraction of sp³-hybridized carbons (Fsp3) is 0.478. The second kappa shape index (κ2) is 11.7. The maximum Gasteiger partial charge on any atom is 0.416 e. The zero-order valence-electron chi connectivity index (χ0n) is 19.4. The third-order valence-electron chi connectivity index (χ3n) is 5.48. The minimum Gasteiger partial charge on any atom is -0.383 e. The largest absolute Gasteiger partial charge is 0.416 e. The lowest BCUT2D eigenvalue weighted by Gasteiger charge is -2.31. The fourth-order valence-corrected chi connectivity index (χ4v) is 3.18. The standard InChI is InChI=1S/C23H31F3N4O3/c1-5-17(2)30(22(32)27-19-10-8-18(9-11-19)23(24,25)26)16-21(31)29(13-14-33-4)15-20-7-6-12-28(20)3/h6-12,17H,5,13-16H2,1-4H3,(H,27,32). The van der Waals surface area contributed by atoms with E-state index < -0.39 is 17.8 Å². The van der Waals surface area contributed by atoms with Crippen molar-refractivity contribution in [2.45, 2.75) is 39.0 Å². The zero-order chi connectivity index (χ0) is 24.6. The van der Waals surface area contributed by atoms with Crippen LogP contribution in [0, 0.1) is 0 Å². The minimum absolute atomic E-state index is 0.171. The molecular formula is C23H31F3N4O3. The summed E-state index contributed by atoms with van der Waals surface area (Å²) < 4.78 is 45.4. The Balaban J connectivity index is 2.14. The number of carbonyl (C=O) groups is 2. The molecule has 0 aliphatic carbocycles. The van der Waals surface area contributed by atoms with Crippen LogP contribution in [-0.4, -0.2) is 59.2 Å². The number of hydrogen-bond acceptors (Lipinski definition) is 3. The number of aryl methyl sites for hydroxylation is 1. The Morgan fingerprint density at radius 3 is 2.36 bits per heavy atom. The zero-order valence-corrected chi connectivity index (χ0v) is 19.4. The van der Waals surface area contributed by atoms with Gasteiger partial charge in [0.2, 0.25) is 5.91 Å². The molecule has 0 aliphatic heterocycles. The summed E-state index contributed by atoms with van der Waals surface area (Å²) >= 11 is 0. The third kappa shape index (κ3) is 7.52. The van der Waals surface area contributed by atoms with Crippen molar-refractivity contribution < 1.29 is 27.5 Å². The Hall–Kier alpha value is -3.01. The van der Waals surface area contributed by atoms with E-state index in [9.17, 15) is 22.8 Å². The second-order valence-electron chi connectivity index (χ2n) is 7.81. The predicted molar refractivity (Wildman–Crippen MR) is 120 cm³/mol. The number of anilines is 1. The predicted octanol–water partition coefficient (Wildman–Crippen LogP) is 4.35. The number of benzene rings is 1. The van der Waals surface area contributed by atoms with E-state index in [1.807, 2.05) is 43.8 Å². The van der Waals surface area contributed by atoms with Gasteiger partial charge in [-0.05, 0) is 49.7 Å². The first kappa shape index (κ1) is 26.2. The van der Waals surface area contributed by atoms with Gasteiger partial charge in [-0.1, -0.05) is 6.92 Å². The number of rotatable bonds is 10. The van der Waals surface area contributed by atoms with Gasteiger partial charge >= 0.3 is 12.2 Å². The number of carbonyl (C=O) groups excluding carboxylic acids is 2. The third-order valence-corrected chi connectivity index (χ3v) is 5.48. The van der Waals surface area contributed by atoms with E-state index in [-0.39, 0.29) is 24.2 Å². The van der Waals surface area contributed by atoms with Crippen LogP contribution in [0.25, 0.3) is 0 Å². The quantitative estimate of drug-likeness (QED) is 0.564. The van der Waals surface area contributed by atoms with Crippen molar-refractivity contribution in [3.8, 4) is 0 Å². The lowest BCUT2D eigenvalue weighted by molar-refractivity contribution is -0.137. The molecule has 0 fully saturated rings. The van der Waals surface area contributed by atoms with Gasteiger partial charge in [-0.15, -0.1) is 0 Å². The summed E-state index contributed by atoms with van der Waals surface area (Å²) in [5.74, 6) is -0.254. The summed E-state index contributed by atoms with van der Waals surface area (Å²) in [5.41, 5.74) is 0.349. The summed E-state index contributed by atoms with van der Waals surface area (Å²) in [6.07, 6.45) is -1.97. The molecule has 1 atom stereocenters. The Morgan fingerprint density at radius 1 is 1.18 bits per heavy atom. The molecular weight excluding hydrogens is 437 g/mol. The Bertz CT molecular complexity index is 912. The molecule has 1 heterocycles. The van der Waals surface area contributed by atoms with Crippen molar-refractivity contribution in [2.24, 2.45) is 7.05 Å². The lowest BCUT2D eigenvalue weighted by atomic mass is 10.2. The SMILES string of the molecule is CCC(C)N(CC(=O)N(CCOC)Cc1cccn1C)C(=O)Nc1ccc(C(F)(F)F)cc1. The average molecular weight is 469 g/mol. The first-order chi connectivity index (χ1) is 15.6. The van der Waals surface area contributed by atoms with Crippen LogP contribution in [0.4, 0.5) is 23.7 Å². The Labute approximate surface area is 192 Å². The number of hydrogen-bond donors (Lipinski definition) is 1. The molecule has 0 saturated carbocycles. The summed E-state index contributed by atoms with van der Waals surface area (Å²) in [6, 6.07) is 7.18. The van der Waals surface area contributed by atoms with Gasteiger partial charge < -0.3 is 24.4 Å². The second-order valence-corrected chi connectivity index (χ2v) is 7.81. The van der Waals surface area contributed by atoms with Gasteiger partial charge in [0.25, 0.3) is 0 Å². The van der Waals surface area contributed by atoms with Crippen LogP contribution in [0.1, 0.15) is 31.5 Å². The van der Waals surface area contributed by atoms with E-state index in [2.05, 4.69) is 5.32 Å². The molecule has 182 valence electrons. The molecule has 0 radical (unpaired) electrons. The number of alkyl halides is 3. The smallest absolute Gasteiger partial charge is 0.383 e. The van der Waals surface area contributed by atoms with E-state index in [0.717, 1.165) is 17.8 Å². The average Bonchev–Trinajstić information content (AvgIpc) is 3.18. The van der Waals surface area contributed by atoms with E-state index in [4.69, 9.17) is 4.74 Å². The fourth-order valence-electron chi connectivity index (χ4n) is 3.18. The molecule has 2 rings (SSSR count). The number of amides is 3. The topological polar surface area (TPSA) is 66.8 Å². The van der Waals surface area contributed by atoms with Crippen LogP contribution in [0.3, 0.4) is 0 Å². The molecule has 0 aliphatic rings. The molecule has 2 aromatic rings. The number of nitrogens with zero attached hydrogens (tertiary/aromatic N) is 3. The van der Waals surface area contributed by atoms with E-state index in [1.165, 1.54) is 17.0 Å². The van der Waals surface area contributed by atoms with Gasteiger partial charge in [-0.3, -0.25) is 4.79 Å². The number of methoxy groups -OCH3 is 1. The van der Waals surface area contributed by atoms with E-state index >= 15 is 0 Å².